The lowest BCUT2D eigenvalue weighted by Crippen LogP contribution is -2.29. The van der Waals surface area contributed by atoms with E-state index in [1.54, 1.807) is 31.4 Å². The first-order chi connectivity index (χ1) is 16.8. The van der Waals surface area contributed by atoms with Crippen LogP contribution in [0.3, 0.4) is 0 Å². The van der Waals surface area contributed by atoms with Crippen molar-refractivity contribution >= 4 is 34.0 Å². The summed E-state index contributed by atoms with van der Waals surface area (Å²) in [5.41, 5.74) is 4.62. The number of aromatic nitrogens is 1. The molecule has 0 spiro atoms. The van der Waals surface area contributed by atoms with Crippen LogP contribution < -0.4 is 9.64 Å². The van der Waals surface area contributed by atoms with Crippen LogP contribution in [0.15, 0.2) is 78.5 Å². The van der Waals surface area contributed by atoms with Gasteiger partial charge in [0.2, 0.25) is 0 Å². The zero-order valence-corrected chi connectivity index (χ0v) is 20.1. The van der Waals surface area contributed by atoms with Gasteiger partial charge in [-0.1, -0.05) is 42.0 Å². The number of para-hydroxylation sites is 1. The highest BCUT2D eigenvalue weighted by molar-refractivity contribution is 6.52. The number of nitrogens with zero attached hydrogens (tertiary/aromatic N) is 2. The number of hydrogen-bond acceptors (Lipinski definition) is 4. The van der Waals surface area contributed by atoms with Crippen molar-refractivity contribution in [3.8, 4) is 5.75 Å². The van der Waals surface area contributed by atoms with Crippen molar-refractivity contribution in [3.05, 3.63) is 101 Å². The predicted molar refractivity (Wildman–Crippen MR) is 137 cm³/mol. The second-order valence-corrected chi connectivity index (χ2v) is 8.90. The van der Waals surface area contributed by atoms with Crippen LogP contribution in [0.25, 0.3) is 16.7 Å². The highest BCUT2D eigenvalue weighted by Gasteiger charge is 2.48. The summed E-state index contributed by atoms with van der Waals surface area (Å²) in [5, 5.41) is 12.4. The molecular weight excluding hydrogens is 440 g/mol. The fraction of sp³-hybridized carbons (Fsp3) is 0.172. The molecule has 1 saturated heterocycles. The summed E-state index contributed by atoms with van der Waals surface area (Å²) in [4.78, 5) is 28.5. The summed E-state index contributed by atoms with van der Waals surface area (Å²) in [5.74, 6) is -1.02. The Balaban J connectivity index is 1.83. The molecule has 1 fully saturated rings. The third-order valence-corrected chi connectivity index (χ3v) is 6.65. The zero-order chi connectivity index (χ0) is 24.9. The Morgan fingerprint density at radius 3 is 2.51 bits per heavy atom. The van der Waals surface area contributed by atoms with Crippen molar-refractivity contribution in [1.29, 1.82) is 0 Å². The molecule has 4 aromatic rings. The Hall–Kier alpha value is -4.32. The van der Waals surface area contributed by atoms with E-state index in [1.807, 2.05) is 74.1 Å². The van der Waals surface area contributed by atoms with Gasteiger partial charge in [-0.15, -0.1) is 0 Å². The number of anilines is 1. The maximum absolute atomic E-state index is 13.5. The van der Waals surface area contributed by atoms with Crippen LogP contribution in [-0.4, -0.2) is 28.5 Å². The normalized spacial score (nSPS) is 17.4. The van der Waals surface area contributed by atoms with E-state index in [0.717, 1.165) is 27.6 Å². The molecule has 1 N–H and O–H groups in total. The SMILES string of the molecule is COc1cccc(N2C(=O)C(=O)/C(=C(/O)c3cc(C)ccc3C)C2c2cn(C)c3ccccc23)c1. The number of carbonyl (C=O) groups excluding carboxylic acids is 2. The van der Waals surface area contributed by atoms with E-state index in [0.29, 0.717) is 17.0 Å². The standard InChI is InChI=1S/C29H26N2O4/c1-17-12-13-18(2)22(14-17)27(32)25-26(23-16-30(3)24-11-6-5-10-21(23)24)31(29(34)28(25)33)19-8-7-9-20(15-19)35-4/h5-16,26,32H,1-4H3/b27-25+. The van der Waals surface area contributed by atoms with E-state index in [9.17, 15) is 14.7 Å². The molecular formula is C29H26N2O4. The minimum Gasteiger partial charge on any atom is -0.507 e. The highest BCUT2D eigenvalue weighted by Crippen LogP contribution is 2.45. The summed E-state index contributed by atoms with van der Waals surface area (Å²) < 4.78 is 7.34. The summed E-state index contributed by atoms with van der Waals surface area (Å²) in [6, 6.07) is 19.7. The monoisotopic (exact) mass is 466 g/mol. The molecule has 1 atom stereocenters. The fourth-order valence-electron chi connectivity index (χ4n) is 4.88. The molecule has 35 heavy (non-hydrogen) atoms. The number of hydrogen-bond donors (Lipinski definition) is 1. The summed E-state index contributed by atoms with van der Waals surface area (Å²) in [6.45, 7) is 3.80. The predicted octanol–water partition coefficient (Wildman–Crippen LogP) is 5.43. The Bertz CT molecular complexity index is 1530. The number of amides is 1. The van der Waals surface area contributed by atoms with Gasteiger partial charge in [-0.3, -0.25) is 14.5 Å². The van der Waals surface area contributed by atoms with Crippen LogP contribution in [0.2, 0.25) is 0 Å². The number of benzene rings is 3. The number of aliphatic hydroxyl groups excluding tert-OH is 1. The molecule has 1 amide bonds. The number of fused-ring (bicyclic) bond motifs is 1. The van der Waals surface area contributed by atoms with E-state index in [4.69, 9.17) is 4.74 Å². The largest absolute Gasteiger partial charge is 0.507 e. The number of ether oxygens (including phenoxy) is 1. The molecule has 0 bridgehead atoms. The molecule has 0 radical (unpaired) electrons. The molecule has 0 saturated carbocycles. The van der Waals surface area contributed by atoms with Gasteiger partial charge in [-0.2, -0.15) is 0 Å². The number of carbonyl (C=O) groups is 2. The molecule has 5 rings (SSSR count). The zero-order valence-electron chi connectivity index (χ0n) is 20.1. The molecule has 0 aliphatic carbocycles. The number of Topliss-reactive ketones (excluding diaryl/α,β-unsaturated/α-hetero) is 1. The van der Waals surface area contributed by atoms with Crippen LogP contribution in [0.1, 0.15) is 28.3 Å². The number of methoxy groups -OCH3 is 1. The van der Waals surface area contributed by atoms with Gasteiger partial charge < -0.3 is 14.4 Å². The average Bonchev–Trinajstić information content (AvgIpc) is 3.33. The van der Waals surface area contributed by atoms with Gasteiger partial charge in [0.1, 0.15) is 11.5 Å². The quantitative estimate of drug-likeness (QED) is 0.247. The topological polar surface area (TPSA) is 71.8 Å². The fourth-order valence-corrected chi connectivity index (χ4v) is 4.88. The molecule has 1 aromatic heterocycles. The maximum atomic E-state index is 13.5. The van der Waals surface area contributed by atoms with Crippen molar-refractivity contribution < 1.29 is 19.4 Å². The lowest BCUT2D eigenvalue weighted by atomic mass is 9.93. The van der Waals surface area contributed by atoms with Crippen LogP contribution in [0.5, 0.6) is 5.75 Å². The summed E-state index contributed by atoms with van der Waals surface area (Å²) >= 11 is 0. The van der Waals surface area contributed by atoms with Crippen LogP contribution in [0, 0.1) is 13.8 Å². The molecule has 6 nitrogen and oxygen atoms in total. The first-order valence-electron chi connectivity index (χ1n) is 11.4. The summed E-state index contributed by atoms with van der Waals surface area (Å²) in [7, 11) is 3.48. The van der Waals surface area contributed by atoms with Crippen LogP contribution in [0.4, 0.5) is 5.69 Å². The van der Waals surface area contributed by atoms with E-state index in [-0.39, 0.29) is 11.3 Å². The molecule has 176 valence electrons. The van der Waals surface area contributed by atoms with Gasteiger partial charge in [0, 0.05) is 47.0 Å². The van der Waals surface area contributed by atoms with Gasteiger partial charge in [0.15, 0.2) is 0 Å². The second kappa shape index (κ2) is 8.47. The van der Waals surface area contributed by atoms with Gasteiger partial charge in [-0.05, 0) is 43.7 Å². The van der Waals surface area contributed by atoms with Gasteiger partial charge >= 0.3 is 0 Å². The van der Waals surface area contributed by atoms with Crippen LogP contribution in [-0.2, 0) is 16.6 Å². The summed E-state index contributed by atoms with van der Waals surface area (Å²) in [6.07, 6.45) is 1.92. The van der Waals surface area contributed by atoms with Crippen molar-refractivity contribution in [1.82, 2.24) is 4.57 Å². The second-order valence-electron chi connectivity index (χ2n) is 8.90. The number of rotatable bonds is 4. The smallest absolute Gasteiger partial charge is 0.300 e. The van der Waals surface area contributed by atoms with E-state index < -0.39 is 17.7 Å². The van der Waals surface area contributed by atoms with E-state index >= 15 is 0 Å². The maximum Gasteiger partial charge on any atom is 0.300 e. The Kier molecular flexibility index (Phi) is 5.44. The highest BCUT2D eigenvalue weighted by atomic mass is 16.5. The minimum absolute atomic E-state index is 0.0721. The third-order valence-electron chi connectivity index (χ3n) is 6.65. The van der Waals surface area contributed by atoms with Crippen molar-refractivity contribution in [2.45, 2.75) is 19.9 Å². The first-order valence-corrected chi connectivity index (χ1v) is 11.4. The molecule has 3 aromatic carbocycles. The molecule has 6 heteroatoms. The molecule has 1 unspecified atom stereocenters. The first kappa shape index (κ1) is 22.5. The molecule has 2 heterocycles. The van der Waals surface area contributed by atoms with E-state index in [1.165, 1.54) is 4.90 Å². The Labute approximate surface area is 203 Å². The number of aliphatic hydroxyl groups is 1. The lowest BCUT2D eigenvalue weighted by Gasteiger charge is -2.25. The van der Waals surface area contributed by atoms with E-state index in [2.05, 4.69) is 0 Å². The average molecular weight is 467 g/mol. The molecule has 1 aliphatic heterocycles. The minimum atomic E-state index is -0.812. The van der Waals surface area contributed by atoms with Crippen molar-refractivity contribution in [3.63, 3.8) is 0 Å². The third kappa shape index (κ3) is 3.58. The number of aryl methyl sites for hydroxylation is 3. The van der Waals surface area contributed by atoms with Gasteiger partial charge in [0.25, 0.3) is 11.7 Å². The Morgan fingerprint density at radius 1 is 0.971 bits per heavy atom. The van der Waals surface area contributed by atoms with Gasteiger partial charge in [-0.25, -0.2) is 0 Å². The van der Waals surface area contributed by atoms with Crippen molar-refractivity contribution in [2.75, 3.05) is 12.0 Å². The van der Waals surface area contributed by atoms with Gasteiger partial charge in [0.05, 0.1) is 18.7 Å². The Morgan fingerprint density at radius 2 is 1.74 bits per heavy atom. The molecule has 1 aliphatic rings. The number of ketones is 1. The van der Waals surface area contributed by atoms with Crippen LogP contribution >= 0.6 is 0 Å². The lowest BCUT2D eigenvalue weighted by molar-refractivity contribution is -0.132. The van der Waals surface area contributed by atoms with Crippen molar-refractivity contribution in [2.24, 2.45) is 7.05 Å².